The molecule has 106 valence electrons. The molecule has 0 radical (unpaired) electrons. The van der Waals surface area contributed by atoms with Gasteiger partial charge in [-0.15, -0.1) is 12.4 Å². The molecule has 1 aliphatic rings. The van der Waals surface area contributed by atoms with Gasteiger partial charge in [-0.2, -0.15) is 0 Å². The maximum Gasteiger partial charge on any atom is 0.337 e. The predicted octanol–water partition coefficient (Wildman–Crippen LogP) is 3.48. The zero-order valence-electron chi connectivity index (χ0n) is 11.3. The Kier molecular flexibility index (Phi) is 6.32. The first-order valence-electron chi connectivity index (χ1n) is 6.66. The Labute approximate surface area is 120 Å². The monoisotopic (exact) mass is 283 g/mol. The van der Waals surface area contributed by atoms with E-state index in [-0.39, 0.29) is 24.4 Å². The highest BCUT2D eigenvalue weighted by Gasteiger charge is 2.21. The van der Waals surface area contributed by atoms with Crippen LogP contribution in [0.5, 0.6) is 0 Å². The minimum absolute atomic E-state index is 0. The Morgan fingerprint density at radius 1 is 1.21 bits per heavy atom. The third-order valence-corrected chi connectivity index (χ3v) is 3.87. The summed E-state index contributed by atoms with van der Waals surface area (Å²) in [5.41, 5.74) is 8.01. The number of benzene rings is 1. The van der Waals surface area contributed by atoms with E-state index in [0.717, 1.165) is 5.56 Å². The van der Waals surface area contributed by atoms with E-state index in [1.54, 1.807) is 12.1 Å². The first-order chi connectivity index (χ1) is 8.72. The Bertz CT molecular complexity index is 399. The van der Waals surface area contributed by atoms with Crippen molar-refractivity contribution in [2.75, 3.05) is 7.11 Å². The maximum absolute atomic E-state index is 11.3. The van der Waals surface area contributed by atoms with Crippen molar-refractivity contribution in [2.45, 2.75) is 38.1 Å². The fraction of sp³-hybridized carbons (Fsp3) is 0.533. The average Bonchev–Trinajstić information content (AvgIpc) is 2.47. The Morgan fingerprint density at radius 2 is 1.79 bits per heavy atom. The largest absolute Gasteiger partial charge is 0.465 e. The highest BCUT2D eigenvalue weighted by Crippen LogP contribution is 2.32. The molecule has 0 spiro atoms. The van der Waals surface area contributed by atoms with E-state index in [4.69, 9.17) is 5.73 Å². The van der Waals surface area contributed by atoms with E-state index < -0.39 is 0 Å². The van der Waals surface area contributed by atoms with Crippen molar-refractivity contribution < 1.29 is 9.53 Å². The fourth-order valence-electron chi connectivity index (χ4n) is 2.72. The van der Waals surface area contributed by atoms with Gasteiger partial charge in [0.05, 0.1) is 12.7 Å². The highest BCUT2D eigenvalue weighted by atomic mass is 35.5. The summed E-state index contributed by atoms with van der Waals surface area (Å²) in [6.45, 7) is 0. The maximum atomic E-state index is 11.3. The molecule has 2 rings (SSSR count). The topological polar surface area (TPSA) is 52.3 Å². The third-order valence-electron chi connectivity index (χ3n) is 3.87. The zero-order chi connectivity index (χ0) is 13.0. The van der Waals surface area contributed by atoms with Gasteiger partial charge in [-0.25, -0.2) is 4.79 Å². The van der Waals surface area contributed by atoms with Crippen LogP contribution in [-0.2, 0) is 4.74 Å². The molecule has 19 heavy (non-hydrogen) atoms. The smallest absolute Gasteiger partial charge is 0.337 e. The number of rotatable bonds is 3. The van der Waals surface area contributed by atoms with Crippen molar-refractivity contribution >= 4 is 18.4 Å². The lowest BCUT2D eigenvalue weighted by Crippen LogP contribution is -2.23. The second kappa shape index (κ2) is 7.51. The van der Waals surface area contributed by atoms with Crippen molar-refractivity contribution in [3.63, 3.8) is 0 Å². The number of esters is 1. The number of ether oxygens (including phenoxy) is 1. The molecule has 2 N–H and O–H groups in total. The van der Waals surface area contributed by atoms with Crippen LogP contribution in [0.2, 0.25) is 0 Å². The molecule has 0 saturated heterocycles. The highest BCUT2D eigenvalue weighted by molar-refractivity contribution is 5.89. The van der Waals surface area contributed by atoms with Gasteiger partial charge in [-0.3, -0.25) is 0 Å². The molecule has 0 aliphatic heterocycles. The lowest BCUT2D eigenvalue weighted by molar-refractivity contribution is 0.0600. The number of hydrogen-bond donors (Lipinski definition) is 1. The summed E-state index contributed by atoms with van der Waals surface area (Å²) in [7, 11) is 1.39. The number of carbonyl (C=O) groups is 1. The molecular weight excluding hydrogens is 262 g/mol. The van der Waals surface area contributed by atoms with Crippen LogP contribution in [0.15, 0.2) is 24.3 Å². The van der Waals surface area contributed by atoms with Crippen molar-refractivity contribution in [1.29, 1.82) is 0 Å². The average molecular weight is 284 g/mol. The third kappa shape index (κ3) is 3.95. The molecule has 0 unspecified atom stereocenters. The Hall–Kier alpha value is -1.06. The van der Waals surface area contributed by atoms with Crippen molar-refractivity contribution in [3.05, 3.63) is 35.4 Å². The normalized spacial score (nSPS) is 17.4. The summed E-state index contributed by atoms with van der Waals surface area (Å²) < 4.78 is 4.68. The van der Waals surface area contributed by atoms with Gasteiger partial charge >= 0.3 is 5.97 Å². The number of methoxy groups -OCH3 is 1. The molecule has 0 aromatic heterocycles. The molecule has 1 fully saturated rings. The van der Waals surface area contributed by atoms with Gasteiger partial charge in [0.25, 0.3) is 0 Å². The Balaban J connectivity index is 0.00000180. The van der Waals surface area contributed by atoms with Gasteiger partial charge in [0.15, 0.2) is 0 Å². The fourth-order valence-corrected chi connectivity index (χ4v) is 2.72. The van der Waals surface area contributed by atoms with Crippen LogP contribution in [0.3, 0.4) is 0 Å². The molecule has 3 nitrogen and oxygen atoms in total. The lowest BCUT2D eigenvalue weighted by Gasteiger charge is -2.27. The van der Waals surface area contributed by atoms with Crippen LogP contribution in [0.4, 0.5) is 0 Å². The second-order valence-electron chi connectivity index (χ2n) is 5.04. The number of halogens is 1. The molecule has 1 atom stereocenters. The van der Waals surface area contributed by atoms with Gasteiger partial charge in [-0.1, -0.05) is 31.4 Å². The molecule has 4 heteroatoms. The molecule has 1 aliphatic carbocycles. The summed E-state index contributed by atoms with van der Waals surface area (Å²) in [5.74, 6) is 0.288. The summed E-state index contributed by atoms with van der Waals surface area (Å²) in [6, 6.07) is 7.59. The van der Waals surface area contributed by atoms with Crippen LogP contribution in [-0.4, -0.2) is 13.1 Å². The first kappa shape index (κ1) is 16.0. The van der Waals surface area contributed by atoms with Crippen LogP contribution in [0.25, 0.3) is 0 Å². The van der Waals surface area contributed by atoms with Gasteiger partial charge in [-0.05, 0) is 36.5 Å². The summed E-state index contributed by atoms with van der Waals surface area (Å²) >= 11 is 0. The van der Waals surface area contributed by atoms with Gasteiger partial charge < -0.3 is 10.5 Å². The van der Waals surface area contributed by atoms with E-state index in [0.29, 0.717) is 11.5 Å². The lowest BCUT2D eigenvalue weighted by atomic mass is 9.81. The van der Waals surface area contributed by atoms with E-state index in [9.17, 15) is 4.79 Å². The predicted molar refractivity (Wildman–Crippen MR) is 78.5 cm³/mol. The van der Waals surface area contributed by atoms with Crippen LogP contribution in [0.1, 0.15) is 54.1 Å². The number of hydrogen-bond acceptors (Lipinski definition) is 3. The molecule has 0 bridgehead atoms. The van der Waals surface area contributed by atoms with E-state index in [2.05, 4.69) is 4.74 Å². The molecule has 1 aromatic carbocycles. The molecule has 1 aromatic rings. The molecule has 1 saturated carbocycles. The zero-order valence-corrected chi connectivity index (χ0v) is 12.1. The summed E-state index contributed by atoms with van der Waals surface area (Å²) in [4.78, 5) is 11.3. The van der Waals surface area contributed by atoms with Gasteiger partial charge in [0, 0.05) is 6.04 Å². The summed E-state index contributed by atoms with van der Waals surface area (Å²) in [5, 5.41) is 0. The van der Waals surface area contributed by atoms with Gasteiger partial charge in [0.2, 0.25) is 0 Å². The van der Waals surface area contributed by atoms with Gasteiger partial charge in [0.1, 0.15) is 0 Å². The summed E-state index contributed by atoms with van der Waals surface area (Å²) in [6.07, 6.45) is 6.36. The van der Waals surface area contributed by atoms with E-state index >= 15 is 0 Å². The Morgan fingerprint density at radius 3 is 2.32 bits per heavy atom. The second-order valence-corrected chi connectivity index (χ2v) is 5.04. The SMILES string of the molecule is COC(=O)c1ccc([C@H](N)C2CCCCC2)cc1.Cl. The van der Waals surface area contributed by atoms with Crippen LogP contribution < -0.4 is 5.73 Å². The molecule has 0 amide bonds. The van der Waals surface area contributed by atoms with Crippen molar-refractivity contribution in [3.8, 4) is 0 Å². The standard InChI is InChI=1S/C15H21NO2.ClH/c1-18-15(17)13-9-7-12(8-10-13)14(16)11-5-3-2-4-6-11;/h7-11,14H,2-6,16H2,1H3;1H/t14-;/m1./s1. The van der Waals surface area contributed by atoms with E-state index in [1.165, 1.54) is 39.2 Å². The van der Waals surface area contributed by atoms with Crippen LogP contribution >= 0.6 is 12.4 Å². The minimum atomic E-state index is -0.298. The van der Waals surface area contributed by atoms with Crippen molar-refractivity contribution in [1.82, 2.24) is 0 Å². The quantitative estimate of drug-likeness (QED) is 0.864. The van der Waals surface area contributed by atoms with E-state index in [1.807, 2.05) is 12.1 Å². The number of carbonyl (C=O) groups excluding carboxylic acids is 1. The number of nitrogens with two attached hydrogens (primary N) is 1. The van der Waals surface area contributed by atoms with Crippen molar-refractivity contribution in [2.24, 2.45) is 11.7 Å². The molecular formula is C15H22ClNO2. The molecule has 0 heterocycles. The minimum Gasteiger partial charge on any atom is -0.465 e. The van der Waals surface area contributed by atoms with Crippen LogP contribution in [0, 0.1) is 5.92 Å². The first-order valence-corrected chi connectivity index (χ1v) is 6.66.